The number of nitrogens with two attached hydrogens (primary N) is 1. The summed E-state index contributed by atoms with van der Waals surface area (Å²) in [4.78, 5) is 17.1. The number of amides is 1. The number of hydrogen-bond donors (Lipinski definition) is 2. The highest BCUT2D eigenvalue weighted by Crippen LogP contribution is 2.24. The first-order chi connectivity index (χ1) is 15.2. The Morgan fingerprint density at radius 1 is 0.935 bits per heavy atom. The van der Waals surface area contributed by atoms with Gasteiger partial charge in [0.1, 0.15) is 5.76 Å². The Bertz CT molecular complexity index is 1160. The van der Waals surface area contributed by atoms with Gasteiger partial charge in [0, 0.05) is 30.6 Å². The largest absolute Gasteiger partial charge is 0.441 e. The predicted octanol–water partition coefficient (Wildman–Crippen LogP) is 4.75. The number of nitrogens with zero attached hydrogens (tertiary/aromatic N) is 1. The molecule has 0 atom stereocenters. The quantitative estimate of drug-likeness (QED) is 0.460. The van der Waals surface area contributed by atoms with Gasteiger partial charge in [0.25, 0.3) is 5.91 Å². The molecule has 1 heterocycles. The van der Waals surface area contributed by atoms with E-state index in [4.69, 9.17) is 10.2 Å². The van der Waals surface area contributed by atoms with Crippen LogP contribution in [0.25, 0.3) is 22.6 Å². The van der Waals surface area contributed by atoms with Gasteiger partial charge in [0.15, 0.2) is 0 Å². The Morgan fingerprint density at radius 2 is 1.65 bits per heavy atom. The molecule has 4 aromatic rings. The third-order valence-electron chi connectivity index (χ3n) is 5.26. The Morgan fingerprint density at radius 3 is 2.39 bits per heavy atom. The molecule has 1 amide bonds. The van der Waals surface area contributed by atoms with Gasteiger partial charge >= 0.3 is 0 Å². The van der Waals surface area contributed by atoms with Crippen molar-refractivity contribution >= 4 is 5.91 Å². The molecule has 3 aromatic carbocycles. The molecule has 0 unspecified atom stereocenters. The predicted molar refractivity (Wildman–Crippen MR) is 122 cm³/mol. The fraction of sp³-hybridized carbons (Fsp3) is 0.154. The molecule has 5 heteroatoms. The molecule has 31 heavy (non-hydrogen) atoms. The van der Waals surface area contributed by atoms with Gasteiger partial charge in [-0.25, -0.2) is 4.98 Å². The first kappa shape index (κ1) is 20.6. The maximum atomic E-state index is 12.5. The van der Waals surface area contributed by atoms with Crippen LogP contribution in [-0.4, -0.2) is 17.4 Å². The summed E-state index contributed by atoms with van der Waals surface area (Å²) in [7, 11) is 0. The van der Waals surface area contributed by atoms with E-state index < -0.39 is 0 Å². The van der Waals surface area contributed by atoms with E-state index in [0.717, 1.165) is 33.7 Å². The summed E-state index contributed by atoms with van der Waals surface area (Å²) in [5.41, 5.74) is 11.5. The van der Waals surface area contributed by atoms with Crippen molar-refractivity contribution in [2.24, 2.45) is 5.73 Å². The molecule has 0 saturated heterocycles. The smallest absolute Gasteiger partial charge is 0.251 e. The number of rotatable bonds is 7. The molecule has 0 radical (unpaired) electrons. The number of aryl methyl sites for hydroxylation is 1. The van der Waals surface area contributed by atoms with Crippen LogP contribution in [0.15, 0.2) is 83.3 Å². The molecule has 0 fully saturated rings. The minimum absolute atomic E-state index is 0.108. The zero-order chi connectivity index (χ0) is 21.6. The standard InChI is InChI=1S/C26H25N3O2/c1-18-24(29-26(31-18)21-7-3-2-4-8-21)15-16-28-25(30)20-13-11-19(12-14-20)23-10-6-5-9-22(23)17-27/h2-14H,15-17,27H2,1H3,(H,28,30). The monoisotopic (exact) mass is 411 g/mol. The lowest BCUT2D eigenvalue weighted by atomic mass is 9.98. The summed E-state index contributed by atoms with van der Waals surface area (Å²) in [6.45, 7) is 2.86. The first-order valence-corrected chi connectivity index (χ1v) is 10.3. The van der Waals surface area contributed by atoms with E-state index in [2.05, 4.69) is 10.3 Å². The second-order valence-corrected chi connectivity index (χ2v) is 7.33. The Labute approximate surface area is 181 Å². The van der Waals surface area contributed by atoms with Crippen molar-refractivity contribution in [2.45, 2.75) is 19.9 Å². The van der Waals surface area contributed by atoms with Crippen molar-refractivity contribution in [3.8, 4) is 22.6 Å². The maximum absolute atomic E-state index is 12.5. The summed E-state index contributed by atoms with van der Waals surface area (Å²) in [6.07, 6.45) is 0.607. The molecule has 0 spiro atoms. The lowest BCUT2D eigenvalue weighted by molar-refractivity contribution is 0.0954. The zero-order valence-corrected chi connectivity index (χ0v) is 17.5. The second-order valence-electron chi connectivity index (χ2n) is 7.33. The SMILES string of the molecule is Cc1oc(-c2ccccc2)nc1CCNC(=O)c1ccc(-c2ccccc2CN)cc1. The van der Waals surface area contributed by atoms with Crippen LogP contribution < -0.4 is 11.1 Å². The highest BCUT2D eigenvalue weighted by molar-refractivity contribution is 5.94. The fourth-order valence-electron chi connectivity index (χ4n) is 3.54. The van der Waals surface area contributed by atoms with Crippen LogP contribution in [0.5, 0.6) is 0 Å². The third kappa shape index (κ3) is 4.73. The van der Waals surface area contributed by atoms with Crippen LogP contribution in [0, 0.1) is 6.92 Å². The minimum Gasteiger partial charge on any atom is -0.441 e. The normalized spacial score (nSPS) is 10.8. The Kier molecular flexibility index (Phi) is 6.24. The summed E-state index contributed by atoms with van der Waals surface area (Å²) in [6, 6.07) is 25.4. The molecule has 0 aliphatic rings. The number of carbonyl (C=O) groups is 1. The van der Waals surface area contributed by atoms with Crippen LogP contribution in [0.1, 0.15) is 27.4 Å². The van der Waals surface area contributed by atoms with Gasteiger partial charge in [0.05, 0.1) is 5.69 Å². The third-order valence-corrected chi connectivity index (χ3v) is 5.26. The van der Waals surface area contributed by atoms with Gasteiger partial charge in [-0.3, -0.25) is 4.79 Å². The summed E-state index contributed by atoms with van der Waals surface area (Å²) in [5.74, 6) is 1.27. The number of carbonyl (C=O) groups excluding carboxylic acids is 1. The van der Waals surface area contributed by atoms with E-state index >= 15 is 0 Å². The summed E-state index contributed by atoms with van der Waals surface area (Å²) in [5, 5.41) is 2.96. The zero-order valence-electron chi connectivity index (χ0n) is 17.5. The van der Waals surface area contributed by atoms with Crippen molar-refractivity contribution in [3.05, 3.63) is 101 Å². The van der Waals surface area contributed by atoms with Crippen LogP contribution in [0.3, 0.4) is 0 Å². The molecule has 5 nitrogen and oxygen atoms in total. The number of hydrogen-bond acceptors (Lipinski definition) is 4. The summed E-state index contributed by atoms with van der Waals surface area (Å²) >= 11 is 0. The van der Waals surface area contributed by atoms with Crippen LogP contribution in [0.4, 0.5) is 0 Å². The van der Waals surface area contributed by atoms with Gasteiger partial charge in [-0.05, 0) is 47.9 Å². The van der Waals surface area contributed by atoms with Crippen molar-refractivity contribution in [1.29, 1.82) is 0 Å². The van der Waals surface area contributed by atoms with Crippen molar-refractivity contribution in [3.63, 3.8) is 0 Å². The van der Waals surface area contributed by atoms with Gasteiger partial charge < -0.3 is 15.5 Å². The van der Waals surface area contributed by atoms with Crippen LogP contribution in [-0.2, 0) is 13.0 Å². The molecule has 0 bridgehead atoms. The number of benzene rings is 3. The van der Waals surface area contributed by atoms with E-state index in [1.54, 1.807) is 0 Å². The molecular weight excluding hydrogens is 386 g/mol. The van der Waals surface area contributed by atoms with E-state index in [9.17, 15) is 4.79 Å². The lowest BCUT2D eigenvalue weighted by Crippen LogP contribution is -2.25. The molecule has 0 aliphatic carbocycles. The van der Waals surface area contributed by atoms with Crippen LogP contribution in [0.2, 0.25) is 0 Å². The van der Waals surface area contributed by atoms with Gasteiger partial charge in [0.2, 0.25) is 5.89 Å². The minimum atomic E-state index is -0.108. The molecule has 156 valence electrons. The molecule has 4 rings (SSSR count). The van der Waals surface area contributed by atoms with Crippen LogP contribution >= 0.6 is 0 Å². The maximum Gasteiger partial charge on any atom is 0.251 e. The Hall–Kier alpha value is -3.70. The van der Waals surface area contributed by atoms with E-state index in [1.165, 1.54) is 0 Å². The summed E-state index contributed by atoms with van der Waals surface area (Å²) < 4.78 is 5.78. The van der Waals surface area contributed by atoms with Crippen molar-refractivity contribution in [1.82, 2.24) is 10.3 Å². The second kappa shape index (κ2) is 9.41. The number of oxazole rings is 1. The fourth-order valence-corrected chi connectivity index (χ4v) is 3.54. The molecule has 1 aromatic heterocycles. The average Bonchev–Trinajstić information content (AvgIpc) is 3.20. The van der Waals surface area contributed by atoms with E-state index in [-0.39, 0.29) is 5.91 Å². The van der Waals surface area contributed by atoms with Crippen molar-refractivity contribution < 1.29 is 9.21 Å². The first-order valence-electron chi connectivity index (χ1n) is 10.3. The molecule has 3 N–H and O–H groups in total. The molecule has 0 saturated carbocycles. The highest BCUT2D eigenvalue weighted by Gasteiger charge is 2.12. The van der Waals surface area contributed by atoms with Gasteiger partial charge in [-0.2, -0.15) is 0 Å². The Balaban J connectivity index is 1.37. The topological polar surface area (TPSA) is 81.2 Å². The average molecular weight is 412 g/mol. The highest BCUT2D eigenvalue weighted by atomic mass is 16.4. The van der Waals surface area contributed by atoms with Gasteiger partial charge in [-0.15, -0.1) is 0 Å². The number of aromatic nitrogens is 1. The lowest BCUT2D eigenvalue weighted by Gasteiger charge is -2.09. The van der Waals surface area contributed by atoms with E-state index in [0.29, 0.717) is 31.0 Å². The van der Waals surface area contributed by atoms with E-state index in [1.807, 2.05) is 85.8 Å². The van der Waals surface area contributed by atoms with Gasteiger partial charge in [-0.1, -0.05) is 54.6 Å². The number of nitrogens with one attached hydrogen (secondary N) is 1. The molecule has 0 aliphatic heterocycles. The molecular formula is C26H25N3O2. The van der Waals surface area contributed by atoms with Crippen molar-refractivity contribution in [2.75, 3.05) is 6.54 Å².